The number of nitrogens with zero attached hydrogens (tertiary/aromatic N) is 3. The second-order valence-electron chi connectivity index (χ2n) is 4.41. The summed E-state index contributed by atoms with van der Waals surface area (Å²) in [5.74, 6) is -1.35. The van der Waals surface area contributed by atoms with Crippen LogP contribution in [-0.4, -0.2) is 43.5 Å². The lowest BCUT2D eigenvalue weighted by Crippen LogP contribution is -2.26. The number of hydrazone groups is 1. The molecule has 1 aromatic heterocycles. The van der Waals surface area contributed by atoms with Crippen molar-refractivity contribution in [2.24, 2.45) is 5.10 Å². The Bertz CT molecular complexity index is 907. The maximum Gasteiger partial charge on any atom is 0.342 e. The van der Waals surface area contributed by atoms with E-state index < -0.39 is 22.9 Å². The minimum Gasteiger partial charge on any atom is -0.871 e. The SMILES string of the molecule is O=C(CSc1n[nH]c(=O)[nH]c1=O)N/N=C/c1ccc([O-])c(N(O)O)c1. The van der Waals surface area contributed by atoms with Gasteiger partial charge < -0.3 is 5.11 Å². The maximum absolute atomic E-state index is 11.6. The number of thioether (sulfide) groups is 1. The summed E-state index contributed by atoms with van der Waals surface area (Å²) < 4.78 is 0. The molecule has 1 amide bonds. The van der Waals surface area contributed by atoms with Crippen molar-refractivity contribution in [2.75, 3.05) is 11.0 Å². The van der Waals surface area contributed by atoms with E-state index in [-0.39, 0.29) is 21.7 Å². The normalized spacial score (nSPS) is 10.8. The van der Waals surface area contributed by atoms with Crippen LogP contribution in [-0.2, 0) is 4.79 Å². The summed E-state index contributed by atoms with van der Waals surface area (Å²) in [6.07, 6.45) is 1.18. The van der Waals surface area contributed by atoms with Gasteiger partial charge in [0.2, 0.25) is 5.91 Å². The summed E-state index contributed by atoms with van der Waals surface area (Å²) in [4.78, 5) is 35.8. The van der Waals surface area contributed by atoms with E-state index in [4.69, 9.17) is 10.4 Å². The molecule has 0 saturated carbocycles. The van der Waals surface area contributed by atoms with Gasteiger partial charge >= 0.3 is 5.69 Å². The number of carbonyl (C=O) groups excluding carboxylic acids is 1. The van der Waals surface area contributed by atoms with Crippen LogP contribution in [0.3, 0.4) is 0 Å². The number of anilines is 1. The Morgan fingerprint density at radius 2 is 2.20 bits per heavy atom. The van der Waals surface area contributed by atoms with E-state index in [1.807, 2.05) is 10.1 Å². The van der Waals surface area contributed by atoms with Gasteiger partial charge in [0.05, 0.1) is 17.7 Å². The number of amides is 1. The van der Waals surface area contributed by atoms with Crippen LogP contribution in [0.15, 0.2) is 37.9 Å². The summed E-state index contributed by atoms with van der Waals surface area (Å²) in [6, 6.07) is 3.61. The Hall–Kier alpha value is -3.16. The molecule has 0 atom stereocenters. The molecule has 2 rings (SSSR count). The van der Waals surface area contributed by atoms with Crippen molar-refractivity contribution in [1.82, 2.24) is 20.6 Å². The average molecular weight is 367 g/mol. The van der Waals surface area contributed by atoms with E-state index in [0.717, 1.165) is 23.9 Å². The molecule has 1 aromatic carbocycles. The largest absolute Gasteiger partial charge is 0.871 e. The molecule has 0 saturated heterocycles. The van der Waals surface area contributed by atoms with Crippen molar-refractivity contribution >= 4 is 29.6 Å². The summed E-state index contributed by atoms with van der Waals surface area (Å²) >= 11 is 0.793. The van der Waals surface area contributed by atoms with Gasteiger partial charge in [-0.25, -0.2) is 15.3 Å². The maximum atomic E-state index is 11.6. The lowest BCUT2D eigenvalue weighted by molar-refractivity contribution is -0.268. The first-order valence-electron chi connectivity index (χ1n) is 6.49. The zero-order valence-corrected chi connectivity index (χ0v) is 13.1. The number of rotatable bonds is 6. The number of aromatic nitrogens is 3. The van der Waals surface area contributed by atoms with Crippen LogP contribution < -0.4 is 27.0 Å². The highest BCUT2D eigenvalue weighted by Crippen LogP contribution is 2.22. The zero-order valence-electron chi connectivity index (χ0n) is 12.3. The molecule has 0 aliphatic rings. The van der Waals surface area contributed by atoms with E-state index in [1.54, 1.807) is 0 Å². The number of aromatic amines is 2. The lowest BCUT2D eigenvalue weighted by atomic mass is 10.2. The quantitative estimate of drug-likeness (QED) is 0.227. The topological polar surface area (TPSA) is 187 Å². The van der Waals surface area contributed by atoms with Crippen LogP contribution in [0.5, 0.6) is 5.75 Å². The fourth-order valence-corrected chi connectivity index (χ4v) is 2.18. The fourth-order valence-electron chi connectivity index (χ4n) is 1.55. The molecule has 1 heterocycles. The van der Waals surface area contributed by atoms with E-state index in [2.05, 4.69) is 15.6 Å². The summed E-state index contributed by atoms with van der Waals surface area (Å²) in [5.41, 5.74) is 0.656. The van der Waals surface area contributed by atoms with Crippen molar-refractivity contribution in [3.05, 3.63) is 44.6 Å². The molecule has 2 aromatic rings. The minimum absolute atomic E-state index is 0.0830. The number of H-pyrrole nitrogens is 2. The van der Waals surface area contributed by atoms with E-state index in [9.17, 15) is 19.5 Å². The van der Waals surface area contributed by atoms with E-state index in [1.165, 1.54) is 12.3 Å². The van der Waals surface area contributed by atoms with E-state index in [0.29, 0.717) is 5.56 Å². The molecule has 0 aliphatic carbocycles. The molecular formula is C12H11N6O6S-. The Morgan fingerprint density at radius 3 is 2.88 bits per heavy atom. The molecule has 0 bridgehead atoms. The molecule has 0 aliphatic heterocycles. The van der Waals surface area contributed by atoms with Gasteiger partial charge in [-0.2, -0.15) is 10.2 Å². The number of nitrogens with one attached hydrogen (secondary N) is 3. The first kappa shape index (κ1) is 18.2. The van der Waals surface area contributed by atoms with Gasteiger partial charge in [-0.1, -0.05) is 29.6 Å². The molecule has 0 fully saturated rings. The predicted molar refractivity (Wildman–Crippen MR) is 83.9 cm³/mol. The molecule has 12 nitrogen and oxygen atoms in total. The highest BCUT2D eigenvalue weighted by Gasteiger charge is 2.07. The molecule has 0 radical (unpaired) electrons. The highest BCUT2D eigenvalue weighted by atomic mass is 32.2. The van der Waals surface area contributed by atoms with Crippen molar-refractivity contribution in [3.63, 3.8) is 0 Å². The Labute approximate surface area is 142 Å². The number of hydrogen-bond acceptors (Lipinski definition) is 10. The minimum atomic E-state index is -0.754. The number of carbonyl (C=O) groups is 1. The number of benzene rings is 1. The Morgan fingerprint density at radius 1 is 1.44 bits per heavy atom. The molecule has 132 valence electrons. The van der Waals surface area contributed by atoms with Gasteiger partial charge in [0, 0.05) is 0 Å². The Kier molecular flexibility index (Phi) is 5.89. The third kappa shape index (κ3) is 5.17. The van der Waals surface area contributed by atoms with Gasteiger partial charge in [-0.05, 0) is 11.6 Å². The van der Waals surface area contributed by atoms with Crippen molar-refractivity contribution in [3.8, 4) is 5.75 Å². The molecule has 25 heavy (non-hydrogen) atoms. The van der Waals surface area contributed by atoms with Gasteiger partial charge in [-0.15, -0.1) is 5.23 Å². The van der Waals surface area contributed by atoms with Crippen LogP contribution in [0.4, 0.5) is 5.69 Å². The molecule has 13 heteroatoms. The lowest BCUT2D eigenvalue weighted by Gasteiger charge is -2.16. The van der Waals surface area contributed by atoms with Crippen LogP contribution in [0, 0.1) is 0 Å². The second kappa shape index (κ2) is 8.09. The number of hydrogen-bond donors (Lipinski definition) is 5. The highest BCUT2D eigenvalue weighted by molar-refractivity contribution is 7.99. The third-order valence-electron chi connectivity index (χ3n) is 2.62. The molecule has 0 spiro atoms. The zero-order chi connectivity index (χ0) is 18.4. The monoisotopic (exact) mass is 367 g/mol. The first-order valence-corrected chi connectivity index (χ1v) is 7.48. The Balaban J connectivity index is 1.91. The van der Waals surface area contributed by atoms with Crippen LogP contribution in [0.1, 0.15) is 5.56 Å². The predicted octanol–water partition coefficient (Wildman–Crippen LogP) is -1.64. The van der Waals surface area contributed by atoms with E-state index >= 15 is 0 Å². The molecule has 0 unspecified atom stereocenters. The fraction of sp³-hybridized carbons (Fsp3) is 0.0833. The standard InChI is InChI=1S/C12H12N6O6S/c19-8-2-1-6(3-7(8)18(23)24)4-13-15-9(20)5-25-11-10(21)14-12(22)17-16-11/h1-4,19,23-24H,5H2,(H,15,20)(H2,14,17,21,22)/p-1/b13-4+. The second-order valence-corrected chi connectivity index (χ2v) is 5.37. The summed E-state index contributed by atoms with van der Waals surface area (Å²) in [5, 5.41) is 37.8. The summed E-state index contributed by atoms with van der Waals surface area (Å²) in [6.45, 7) is 0. The van der Waals surface area contributed by atoms with Gasteiger partial charge in [0.15, 0.2) is 5.03 Å². The van der Waals surface area contributed by atoms with Crippen molar-refractivity contribution in [1.29, 1.82) is 0 Å². The van der Waals surface area contributed by atoms with Crippen molar-refractivity contribution < 1.29 is 20.3 Å². The molecular weight excluding hydrogens is 356 g/mol. The summed E-state index contributed by atoms with van der Waals surface area (Å²) in [7, 11) is 0. The molecule has 5 N–H and O–H groups in total. The average Bonchev–Trinajstić information content (AvgIpc) is 2.55. The third-order valence-corrected chi connectivity index (χ3v) is 3.58. The van der Waals surface area contributed by atoms with Gasteiger partial charge in [0.25, 0.3) is 5.56 Å². The van der Waals surface area contributed by atoms with Crippen molar-refractivity contribution in [2.45, 2.75) is 5.03 Å². The van der Waals surface area contributed by atoms with Gasteiger partial charge in [0.1, 0.15) is 0 Å². The van der Waals surface area contributed by atoms with Crippen LogP contribution in [0.2, 0.25) is 0 Å². The first-order chi connectivity index (χ1) is 11.9. The van der Waals surface area contributed by atoms with Gasteiger partial charge in [-0.3, -0.25) is 25.0 Å². The van der Waals surface area contributed by atoms with Crippen LogP contribution >= 0.6 is 11.8 Å². The van der Waals surface area contributed by atoms with Crippen LogP contribution in [0.25, 0.3) is 0 Å². The smallest absolute Gasteiger partial charge is 0.342 e.